The van der Waals surface area contributed by atoms with E-state index in [1.54, 1.807) is 6.07 Å². The number of nitrogens with two attached hydrogens (primary N) is 1. The van der Waals surface area contributed by atoms with E-state index in [2.05, 4.69) is 9.97 Å². The molecule has 2 aromatic rings. The molecule has 0 aliphatic heterocycles. The summed E-state index contributed by atoms with van der Waals surface area (Å²) in [5.74, 6) is -0.801. The van der Waals surface area contributed by atoms with E-state index in [-0.39, 0.29) is 17.2 Å². The van der Waals surface area contributed by atoms with Gasteiger partial charge in [0.1, 0.15) is 17.5 Å². The quantitative estimate of drug-likeness (QED) is 0.870. The fourth-order valence-electron chi connectivity index (χ4n) is 1.51. The van der Waals surface area contributed by atoms with Crippen LogP contribution in [0.2, 0.25) is 0 Å². The minimum Gasteiger partial charge on any atom is -0.384 e. The third kappa shape index (κ3) is 2.55. The van der Waals surface area contributed by atoms with Gasteiger partial charge < -0.3 is 5.73 Å². The van der Waals surface area contributed by atoms with E-state index >= 15 is 0 Å². The number of benzene rings is 1. The normalized spacial score (nSPS) is 10.5. The molecule has 1 aromatic heterocycles. The smallest absolute Gasteiger partial charge is 0.161 e. The molecule has 0 radical (unpaired) electrons. The Bertz CT molecular complexity index is 535. The molecule has 0 saturated heterocycles. The van der Waals surface area contributed by atoms with Crippen LogP contribution in [0.1, 0.15) is 12.6 Å². The minimum absolute atomic E-state index is 0.236. The average molecular weight is 235 g/mol. The Hall–Kier alpha value is -2.04. The lowest BCUT2D eigenvalue weighted by molar-refractivity contribution is 0.584. The highest BCUT2D eigenvalue weighted by molar-refractivity contribution is 5.57. The molecule has 0 aliphatic carbocycles. The summed E-state index contributed by atoms with van der Waals surface area (Å²) in [5, 5.41) is 0. The average Bonchev–Trinajstić information content (AvgIpc) is 2.26. The van der Waals surface area contributed by atoms with Crippen molar-refractivity contribution < 1.29 is 8.78 Å². The van der Waals surface area contributed by atoms with Crippen LogP contribution < -0.4 is 5.73 Å². The zero-order valence-electron chi connectivity index (χ0n) is 9.24. The van der Waals surface area contributed by atoms with Gasteiger partial charge in [0.2, 0.25) is 0 Å². The molecule has 2 rings (SSSR count). The van der Waals surface area contributed by atoms with Gasteiger partial charge >= 0.3 is 0 Å². The predicted octanol–water partition coefficient (Wildman–Crippen LogP) is 2.57. The SMILES string of the molecule is CCc1cc(N)nc(-c2cc(F)cc(F)c2)n1. The van der Waals surface area contributed by atoms with Crippen molar-refractivity contribution in [3.63, 3.8) is 0 Å². The second-order valence-electron chi connectivity index (χ2n) is 3.62. The molecule has 0 aliphatic rings. The lowest BCUT2D eigenvalue weighted by atomic mass is 10.2. The van der Waals surface area contributed by atoms with Gasteiger partial charge in [-0.25, -0.2) is 18.7 Å². The van der Waals surface area contributed by atoms with E-state index in [0.717, 1.165) is 11.8 Å². The van der Waals surface area contributed by atoms with Crippen LogP contribution in [0.5, 0.6) is 0 Å². The number of halogens is 2. The Labute approximate surface area is 97.3 Å². The van der Waals surface area contributed by atoms with Crippen molar-refractivity contribution in [3.8, 4) is 11.4 Å². The van der Waals surface area contributed by atoms with Crippen molar-refractivity contribution in [3.05, 3.63) is 41.6 Å². The van der Waals surface area contributed by atoms with E-state index in [0.29, 0.717) is 6.42 Å². The third-order valence-electron chi connectivity index (χ3n) is 2.28. The number of nitrogen functional groups attached to an aromatic ring is 1. The second kappa shape index (κ2) is 4.45. The van der Waals surface area contributed by atoms with Crippen molar-refractivity contribution in [2.45, 2.75) is 13.3 Å². The van der Waals surface area contributed by atoms with Crippen LogP contribution in [0.4, 0.5) is 14.6 Å². The van der Waals surface area contributed by atoms with Crippen molar-refractivity contribution in [1.29, 1.82) is 0 Å². The van der Waals surface area contributed by atoms with Gasteiger partial charge in [-0.1, -0.05) is 6.92 Å². The van der Waals surface area contributed by atoms with Gasteiger partial charge in [0.05, 0.1) is 0 Å². The Balaban J connectivity index is 2.55. The fourth-order valence-corrected chi connectivity index (χ4v) is 1.51. The van der Waals surface area contributed by atoms with Crippen LogP contribution in [0.25, 0.3) is 11.4 Å². The summed E-state index contributed by atoms with van der Waals surface area (Å²) >= 11 is 0. The number of rotatable bonds is 2. The van der Waals surface area contributed by atoms with E-state index in [1.807, 2.05) is 6.92 Å². The van der Waals surface area contributed by atoms with Crippen molar-refractivity contribution in [2.75, 3.05) is 5.73 Å². The molecule has 17 heavy (non-hydrogen) atoms. The molecule has 5 heteroatoms. The first-order chi connectivity index (χ1) is 8.08. The molecule has 0 bridgehead atoms. The largest absolute Gasteiger partial charge is 0.384 e. The van der Waals surface area contributed by atoms with Crippen LogP contribution in [0, 0.1) is 11.6 Å². The number of hydrogen-bond acceptors (Lipinski definition) is 3. The minimum atomic E-state index is -0.663. The molecule has 0 spiro atoms. The molecule has 1 heterocycles. The van der Waals surface area contributed by atoms with Crippen LogP contribution in [0.3, 0.4) is 0 Å². The van der Waals surface area contributed by atoms with E-state index in [9.17, 15) is 8.78 Å². The van der Waals surface area contributed by atoms with Crippen LogP contribution in [-0.4, -0.2) is 9.97 Å². The molecule has 3 nitrogen and oxygen atoms in total. The lowest BCUT2D eigenvalue weighted by Gasteiger charge is -2.04. The zero-order chi connectivity index (χ0) is 12.4. The molecular weight excluding hydrogens is 224 g/mol. The Morgan fingerprint density at radius 1 is 1.06 bits per heavy atom. The van der Waals surface area contributed by atoms with Crippen LogP contribution in [-0.2, 0) is 6.42 Å². The highest BCUT2D eigenvalue weighted by Gasteiger charge is 2.07. The van der Waals surface area contributed by atoms with Gasteiger partial charge in [0, 0.05) is 23.4 Å². The highest BCUT2D eigenvalue weighted by Crippen LogP contribution is 2.19. The van der Waals surface area contributed by atoms with E-state index in [4.69, 9.17) is 5.73 Å². The van der Waals surface area contributed by atoms with Crippen LogP contribution in [0.15, 0.2) is 24.3 Å². The Morgan fingerprint density at radius 2 is 1.71 bits per heavy atom. The molecule has 0 amide bonds. The van der Waals surface area contributed by atoms with Crippen molar-refractivity contribution in [2.24, 2.45) is 0 Å². The number of anilines is 1. The monoisotopic (exact) mass is 235 g/mol. The fraction of sp³-hybridized carbons (Fsp3) is 0.167. The molecule has 88 valence electrons. The zero-order valence-corrected chi connectivity index (χ0v) is 9.24. The summed E-state index contributed by atoms with van der Waals surface area (Å²) in [7, 11) is 0. The molecule has 0 atom stereocenters. The summed E-state index contributed by atoms with van der Waals surface area (Å²) in [6, 6.07) is 4.80. The van der Waals surface area contributed by atoms with Gasteiger partial charge in [-0.3, -0.25) is 0 Å². The number of aromatic nitrogens is 2. The van der Waals surface area contributed by atoms with Gasteiger partial charge in [-0.15, -0.1) is 0 Å². The van der Waals surface area contributed by atoms with Gasteiger partial charge in [0.15, 0.2) is 5.82 Å². The summed E-state index contributed by atoms with van der Waals surface area (Å²) in [4.78, 5) is 8.15. The Morgan fingerprint density at radius 3 is 2.29 bits per heavy atom. The molecule has 1 aromatic carbocycles. The summed E-state index contributed by atoms with van der Waals surface area (Å²) in [6.07, 6.45) is 0.678. The summed E-state index contributed by atoms with van der Waals surface area (Å²) < 4.78 is 26.1. The van der Waals surface area contributed by atoms with E-state index in [1.165, 1.54) is 12.1 Å². The summed E-state index contributed by atoms with van der Waals surface area (Å²) in [6.45, 7) is 1.91. The third-order valence-corrected chi connectivity index (χ3v) is 2.28. The second-order valence-corrected chi connectivity index (χ2v) is 3.62. The maximum atomic E-state index is 13.1. The molecule has 0 saturated carbocycles. The van der Waals surface area contributed by atoms with Gasteiger partial charge in [-0.05, 0) is 18.6 Å². The van der Waals surface area contributed by atoms with Gasteiger partial charge in [0.25, 0.3) is 0 Å². The van der Waals surface area contributed by atoms with E-state index < -0.39 is 11.6 Å². The lowest BCUT2D eigenvalue weighted by Crippen LogP contribution is -2.00. The van der Waals surface area contributed by atoms with Crippen molar-refractivity contribution in [1.82, 2.24) is 9.97 Å². The molecule has 2 N–H and O–H groups in total. The molecule has 0 fully saturated rings. The predicted molar refractivity (Wildman–Crippen MR) is 61.2 cm³/mol. The van der Waals surface area contributed by atoms with Crippen molar-refractivity contribution >= 4 is 5.82 Å². The maximum absolute atomic E-state index is 13.1. The highest BCUT2D eigenvalue weighted by atomic mass is 19.1. The number of aryl methyl sites for hydroxylation is 1. The first kappa shape index (κ1) is 11.4. The summed E-state index contributed by atoms with van der Waals surface area (Å²) in [5.41, 5.74) is 6.63. The van der Waals surface area contributed by atoms with Gasteiger partial charge in [-0.2, -0.15) is 0 Å². The topological polar surface area (TPSA) is 51.8 Å². The standard InChI is InChI=1S/C12H11F2N3/c1-2-10-6-11(15)17-12(16-10)7-3-8(13)5-9(14)4-7/h3-6H,2H2,1H3,(H2,15,16,17). The van der Waals surface area contributed by atoms with Crippen LogP contribution >= 0.6 is 0 Å². The maximum Gasteiger partial charge on any atom is 0.161 e. The Kier molecular flexibility index (Phi) is 2.99. The molecule has 0 unspecified atom stereocenters. The molecular formula is C12H11F2N3. The number of nitrogens with zero attached hydrogens (tertiary/aromatic N) is 2. The number of hydrogen-bond donors (Lipinski definition) is 1. The first-order valence-corrected chi connectivity index (χ1v) is 5.18. The first-order valence-electron chi connectivity index (χ1n) is 5.18.